The smallest absolute Gasteiger partial charge is 0.242 e. The molecule has 0 aliphatic carbocycles. The molecule has 1 amide bonds. The highest BCUT2D eigenvalue weighted by Crippen LogP contribution is 2.27. The molecule has 0 aromatic carbocycles. The fraction of sp³-hybridized carbons (Fsp3) is 0.923. The summed E-state index contributed by atoms with van der Waals surface area (Å²) < 4.78 is 10.8. The lowest BCUT2D eigenvalue weighted by Gasteiger charge is -2.43. The summed E-state index contributed by atoms with van der Waals surface area (Å²) in [6.07, 6.45) is 3.20. The van der Waals surface area contributed by atoms with Crippen LogP contribution in [0.2, 0.25) is 0 Å². The van der Waals surface area contributed by atoms with Crippen molar-refractivity contribution in [1.82, 2.24) is 4.90 Å². The van der Waals surface area contributed by atoms with E-state index in [-0.39, 0.29) is 11.5 Å². The first-order valence-electron chi connectivity index (χ1n) is 6.70. The molecule has 2 aliphatic rings. The summed E-state index contributed by atoms with van der Waals surface area (Å²) in [5.74, 6) is 0.0637. The molecule has 2 N–H and O–H groups in total. The monoisotopic (exact) mass is 256 g/mol. The number of carbonyl (C=O) groups excluding carboxylic acids is 1. The van der Waals surface area contributed by atoms with Crippen molar-refractivity contribution in [3.63, 3.8) is 0 Å². The standard InChI is InChI=1S/C13H24N2O3/c1-12(17-2)4-3-7-15(10-12)11(16)13(14)5-8-18-9-6-13/h3-10,14H2,1-2H3. The van der Waals surface area contributed by atoms with Gasteiger partial charge < -0.3 is 20.1 Å². The normalized spacial score (nSPS) is 32.3. The number of methoxy groups -OCH3 is 1. The van der Waals surface area contributed by atoms with Gasteiger partial charge in [-0.3, -0.25) is 4.79 Å². The van der Waals surface area contributed by atoms with Gasteiger partial charge in [0.2, 0.25) is 5.91 Å². The van der Waals surface area contributed by atoms with E-state index < -0.39 is 5.54 Å². The zero-order valence-electron chi connectivity index (χ0n) is 11.4. The molecule has 5 heteroatoms. The number of ether oxygens (including phenoxy) is 2. The number of rotatable bonds is 2. The molecule has 18 heavy (non-hydrogen) atoms. The quantitative estimate of drug-likeness (QED) is 0.782. The highest BCUT2D eigenvalue weighted by molar-refractivity contribution is 5.86. The van der Waals surface area contributed by atoms with Crippen molar-refractivity contribution in [2.45, 2.75) is 43.7 Å². The van der Waals surface area contributed by atoms with Gasteiger partial charge in [-0.1, -0.05) is 0 Å². The van der Waals surface area contributed by atoms with E-state index in [0.29, 0.717) is 32.6 Å². The molecular formula is C13H24N2O3. The Bertz CT molecular complexity index is 315. The van der Waals surface area contributed by atoms with Gasteiger partial charge in [-0.15, -0.1) is 0 Å². The number of piperidine rings is 1. The van der Waals surface area contributed by atoms with Crippen LogP contribution in [-0.4, -0.2) is 55.4 Å². The van der Waals surface area contributed by atoms with Crippen molar-refractivity contribution in [2.75, 3.05) is 33.4 Å². The van der Waals surface area contributed by atoms with E-state index in [0.717, 1.165) is 19.4 Å². The summed E-state index contributed by atoms with van der Waals surface area (Å²) in [6.45, 7) is 4.65. The maximum absolute atomic E-state index is 12.6. The highest BCUT2D eigenvalue weighted by atomic mass is 16.5. The van der Waals surface area contributed by atoms with Gasteiger partial charge in [-0.05, 0) is 32.6 Å². The maximum atomic E-state index is 12.6. The molecule has 104 valence electrons. The van der Waals surface area contributed by atoms with E-state index in [1.165, 1.54) is 0 Å². The van der Waals surface area contributed by atoms with Crippen LogP contribution in [0.3, 0.4) is 0 Å². The molecule has 0 aromatic rings. The molecular weight excluding hydrogens is 232 g/mol. The van der Waals surface area contributed by atoms with Crippen LogP contribution in [0.25, 0.3) is 0 Å². The summed E-state index contributed by atoms with van der Waals surface area (Å²) >= 11 is 0. The third-order valence-corrected chi connectivity index (χ3v) is 4.25. The van der Waals surface area contributed by atoms with E-state index in [9.17, 15) is 4.79 Å². The highest BCUT2D eigenvalue weighted by Gasteiger charge is 2.42. The topological polar surface area (TPSA) is 64.8 Å². The Hall–Kier alpha value is -0.650. The number of nitrogens with two attached hydrogens (primary N) is 1. The number of hydrogen-bond donors (Lipinski definition) is 1. The first-order chi connectivity index (χ1) is 8.49. The second-order valence-electron chi connectivity index (χ2n) is 5.75. The fourth-order valence-corrected chi connectivity index (χ4v) is 2.81. The molecule has 2 fully saturated rings. The Balaban J connectivity index is 2.04. The Morgan fingerprint density at radius 3 is 2.61 bits per heavy atom. The van der Waals surface area contributed by atoms with Gasteiger partial charge in [0, 0.05) is 33.4 Å². The maximum Gasteiger partial charge on any atom is 0.242 e. The molecule has 2 heterocycles. The number of hydrogen-bond acceptors (Lipinski definition) is 4. The lowest BCUT2D eigenvalue weighted by molar-refractivity contribution is -0.148. The third-order valence-electron chi connectivity index (χ3n) is 4.25. The first-order valence-corrected chi connectivity index (χ1v) is 6.70. The van der Waals surface area contributed by atoms with E-state index in [2.05, 4.69) is 6.92 Å². The van der Waals surface area contributed by atoms with Crippen LogP contribution in [0.4, 0.5) is 0 Å². The Morgan fingerprint density at radius 2 is 2.00 bits per heavy atom. The lowest BCUT2D eigenvalue weighted by atomic mass is 9.87. The Labute approximate surface area is 109 Å². The molecule has 0 bridgehead atoms. The van der Waals surface area contributed by atoms with E-state index in [1.54, 1.807) is 7.11 Å². The van der Waals surface area contributed by atoms with E-state index in [4.69, 9.17) is 15.2 Å². The zero-order valence-corrected chi connectivity index (χ0v) is 11.4. The van der Waals surface area contributed by atoms with Crippen LogP contribution in [0, 0.1) is 0 Å². The minimum absolute atomic E-state index is 0.0637. The SMILES string of the molecule is COC1(C)CCCN(C(=O)C2(N)CCOCC2)C1. The summed E-state index contributed by atoms with van der Waals surface area (Å²) in [5, 5.41) is 0. The Morgan fingerprint density at radius 1 is 1.33 bits per heavy atom. The number of nitrogens with zero attached hydrogens (tertiary/aromatic N) is 1. The van der Waals surface area contributed by atoms with Crippen LogP contribution in [0.5, 0.6) is 0 Å². The molecule has 0 spiro atoms. The minimum atomic E-state index is -0.732. The van der Waals surface area contributed by atoms with Crippen molar-refractivity contribution in [2.24, 2.45) is 5.73 Å². The van der Waals surface area contributed by atoms with Gasteiger partial charge in [0.05, 0.1) is 11.1 Å². The van der Waals surface area contributed by atoms with Crippen molar-refractivity contribution in [3.05, 3.63) is 0 Å². The molecule has 0 aromatic heterocycles. The van der Waals surface area contributed by atoms with Gasteiger partial charge in [-0.25, -0.2) is 0 Å². The van der Waals surface area contributed by atoms with Gasteiger partial charge in [0.25, 0.3) is 0 Å². The first kappa shape index (κ1) is 13.8. The van der Waals surface area contributed by atoms with E-state index >= 15 is 0 Å². The van der Waals surface area contributed by atoms with Gasteiger partial charge in [-0.2, -0.15) is 0 Å². The van der Waals surface area contributed by atoms with Crippen molar-refractivity contribution in [3.8, 4) is 0 Å². The van der Waals surface area contributed by atoms with Crippen LogP contribution in [-0.2, 0) is 14.3 Å². The lowest BCUT2D eigenvalue weighted by Crippen LogP contribution is -2.61. The summed E-state index contributed by atoms with van der Waals surface area (Å²) in [5.41, 5.74) is 5.29. The van der Waals surface area contributed by atoms with E-state index in [1.807, 2.05) is 4.90 Å². The number of likely N-dealkylation sites (tertiary alicyclic amines) is 1. The molecule has 2 rings (SSSR count). The summed E-state index contributed by atoms with van der Waals surface area (Å²) in [6, 6.07) is 0. The van der Waals surface area contributed by atoms with Crippen molar-refractivity contribution < 1.29 is 14.3 Å². The minimum Gasteiger partial charge on any atom is -0.381 e. The molecule has 5 nitrogen and oxygen atoms in total. The predicted molar refractivity (Wildman–Crippen MR) is 68.2 cm³/mol. The Kier molecular flexibility index (Phi) is 3.94. The number of carbonyl (C=O) groups is 1. The molecule has 0 radical (unpaired) electrons. The zero-order chi connectivity index (χ0) is 13.2. The number of amides is 1. The van der Waals surface area contributed by atoms with Crippen molar-refractivity contribution in [1.29, 1.82) is 0 Å². The summed E-state index contributed by atoms with van der Waals surface area (Å²) in [4.78, 5) is 14.4. The summed E-state index contributed by atoms with van der Waals surface area (Å²) in [7, 11) is 1.71. The van der Waals surface area contributed by atoms with Crippen LogP contribution >= 0.6 is 0 Å². The molecule has 1 atom stereocenters. The predicted octanol–water partition coefficient (Wildman–Crippen LogP) is 0.522. The second-order valence-corrected chi connectivity index (χ2v) is 5.75. The molecule has 2 saturated heterocycles. The van der Waals surface area contributed by atoms with Crippen molar-refractivity contribution >= 4 is 5.91 Å². The van der Waals surface area contributed by atoms with Crippen LogP contribution in [0.1, 0.15) is 32.6 Å². The molecule has 0 saturated carbocycles. The average molecular weight is 256 g/mol. The van der Waals surface area contributed by atoms with Gasteiger partial charge >= 0.3 is 0 Å². The van der Waals surface area contributed by atoms with Gasteiger partial charge in [0.1, 0.15) is 0 Å². The second kappa shape index (κ2) is 5.15. The van der Waals surface area contributed by atoms with Crippen LogP contribution < -0.4 is 5.73 Å². The average Bonchev–Trinajstić information content (AvgIpc) is 2.39. The fourth-order valence-electron chi connectivity index (χ4n) is 2.81. The molecule has 2 aliphatic heterocycles. The van der Waals surface area contributed by atoms with Gasteiger partial charge in [0.15, 0.2) is 0 Å². The largest absolute Gasteiger partial charge is 0.381 e. The molecule has 1 unspecified atom stereocenters. The third kappa shape index (κ3) is 2.68. The van der Waals surface area contributed by atoms with Crippen LogP contribution in [0.15, 0.2) is 0 Å².